The average Bonchev–Trinajstić information content (AvgIpc) is 3.50. The molecule has 31 heavy (non-hydrogen) atoms. The second-order valence-electron chi connectivity index (χ2n) is 6.93. The first-order valence-corrected chi connectivity index (χ1v) is 10.2. The fourth-order valence-electron chi connectivity index (χ4n) is 3.32. The van der Waals surface area contributed by atoms with Crippen LogP contribution < -0.4 is 10.6 Å². The van der Waals surface area contributed by atoms with E-state index >= 15 is 0 Å². The molecule has 10 heteroatoms. The van der Waals surface area contributed by atoms with Crippen LogP contribution in [0.2, 0.25) is 0 Å². The van der Waals surface area contributed by atoms with Crippen molar-refractivity contribution in [3.63, 3.8) is 0 Å². The summed E-state index contributed by atoms with van der Waals surface area (Å²) < 4.78 is 1.88. The number of nitrogens with one attached hydrogen (secondary N) is 3. The molecule has 0 aliphatic rings. The lowest BCUT2D eigenvalue weighted by atomic mass is 10.2. The average molecular weight is 419 g/mol. The van der Waals surface area contributed by atoms with Gasteiger partial charge >= 0.3 is 0 Å². The molecule has 3 aromatic heterocycles. The molecule has 0 radical (unpaired) electrons. The number of rotatable bonds is 9. The van der Waals surface area contributed by atoms with Crippen LogP contribution in [0.15, 0.2) is 49.2 Å². The van der Waals surface area contributed by atoms with Crippen molar-refractivity contribution in [3.05, 3.63) is 54.7 Å². The Hall–Kier alpha value is -3.79. The molecule has 0 fully saturated rings. The Morgan fingerprint density at radius 2 is 1.94 bits per heavy atom. The molecule has 0 aliphatic carbocycles. The summed E-state index contributed by atoms with van der Waals surface area (Å²) in [6.45, 7) is 7.65. The van der Waals surface area contributed by atoms with Crippen LogP contribution >= 0.6 is 0 Å². The Labute approximate surface area is 179 Å². The summed E-state index contributed by atoms with van der Waals surface area (Å²) in [5.41, 5.74) is 2.84. The van der Waals surface area contributed by atoms with Gasteiger partial charge in [-0.2, -0.15) is 5.10 Å². The molecule has 10 nitrogen and oxygen atoms in total. The molecule has 0 saturated heterocycles. The number of carbonyl (C=O) groups excluding carboxylic acids is 1. The summed E-state index contributed by atoms with van der Waals surface area (Å²) in [5.74, 6) is 1.13. The van der Waals surface area contributed by atoms with Gasteiger partial charge in [0.2, 0.25) is 0 Å². The van der Waals surface area contributed by atoms with E-state index in [0.717, 1.165) is 31.0 Å². The van der Waals surface area contributed by atoms with E-state index in [4.69, 9.17) is 0 Å². The summed E-state index contributed by atoms with van der Waals surface area (Å²) >= 11 is 0. The van der Waals surface area contributed by atoms with Crippen molar-refractivity contribution < 1.29 is 4.79 Å². The van der Waals surface area contributed by atoms with Crippen LogP contribution in [-0.4, -0.2) is 66.5 Å². The minimum atomic E-state index is -0.0797. The van der Waals surface area contributed by atoms with Gasteiger partial charge in [0.1, 0.15) is 12.0 Å². The van der Waals surface area contributed by atoms with Crippen LogP contribution in [0.5, 0.6) is 0 Å². The number of carbonyl (C=O) groups is 1. The van der Waals surface area contributed by atoms with Crippen molar-refractivity contribution in [1.29, 1.82) is 0 Å². The molecule has 0 unspecified atom stereocenters. The molecule has 0 bridgehead atoms. The second-order valence-corrected chi connectivity index (χ2v) is 6.93. The number of anilines is 2. The lowest BCUT2D eigenvalue weighted by Gasteiger charge is -2.18. The first kappa shape index (κ1) is 20.5. The maximum atomic E-state index is 12.4. The molecule has 1 amide bonds. The standard InChI is InChI=1S/C21H25N9O/c1-3-29(4-2)11-9-23-21(31)15-5-7-16(8-6-15)27-19-20-22-10-12-30(20)17(13-24-19)18-25-14-26-28-18/h5-8,10,12-14H,3-4,9,11H2,1-2H3,(H,23,31)(H,24,27)(H,25,26,28). The van der Waals surface area contributed by atoms with Gasteiger partial charge in [-0.25, -0.2) is 15.0 Å². The van der Waals surface area contributed by atoms with Crippen molar-refractivity contribution >= 4 is 23.1 Å². The molecule has 4 aromatic rings. The summed E-state index contributed by atoms with van der Waals surface area (Å²) in [4.78, 5) is 27.7. The zero-order chi connectivity index (χ0) is 21.6. The molecule has 0 saturated carbocycles. The smallest absolute Gasteiger partial charge is 0.251 e. The molecule has 160 valence electrons. The molecular weight excluding hydrogens is 394 g/mol. The molecule has 3 N–H and O–H groups in total. The first-order valence-electron chi connectivity index (χ1n) is 10.2. The van der Waals surface area contributed by atoms with Crippen LogP contribution in [0, 0.1) is 0 Å². The maximum absolute atomic E-state index is 12.4. The van der Waals surface area contributed by atoms with Gasteiger partial charge in [0.05, 0.1) is 6.20 Å². The number of hydrogen-bond donors (Lipinski definition) is 3. The van der Waals surface area contributed by atoms with E-state index in [-0.39, 0.29) is 5.91 Å². The fourth-order valence-corrected chi connectivity index (χ4v) is 3.32. The van der Waals surface area contributed by atoms with Gasteiger partial charge in [-0.05, 0) is 37.4 Å². The number of imidazole rings is 1. The van der Waals surface area contributed by atoms with Crippen molar-refractivity contribution in [1.82, 2.24) is 39.8 Å². The van der Waals surface area contributed by atoms with Crippen molar-refractivity contribution in [2.45, 2.75) is 13.8 Å². The maximum Gasteiger partial charge on any atom is 0.251 e. The van der Waals surface area contributed by atoms with Crippen LogP contribution in [0.1, 0.15) is 24.2 Å². The number of aromatic nitrogens is 6. The van der Waals surface area contributed by atoms with Crippen LogP contribution in [0.4, 0.5) is 11.5 Å². The number of aromatic amines is 1. The van der Waals surface area contributed by atoms with Gasteiger partial charge in [-0.3, -0.25) is 14.3 Å². The Morgan fingerprint density at radius 1 is 1.13 bits per heavy atom. The molecule has 1 aromatic carbocycles. The first-order chi connectivity index (χ1) is 15.2. The summed E-state index contributed by atoms with van der Waals surface area (Å²) in [6, 6.07) is 7.29. The molecule has 3 heterocycles. The molecule has 0 aliphatic heterocycles. The minimum absolute atomic E-state index is 0.0797. The monoisotopic (exact) mass is 419 g/mol. The predicted molar refractivity (Wildman–Crippen MR) is 118 cm³/mol. The fraction of sp³-hybridized carbons (Fsp3) is 0.286. The number of nitrogens with zero attached hydrogens (tertiary/aromatic N) is 6. The summed E-state index contributed by atoms with van der Waals surface area (Å²) in [6.07, 6.45) is 6.69. The predicted octanol–water partition coefficient (Wildman–Crippen LogP) is 2.33. The number of amides is 1. The molecule has 4 rings (SSSR count). The third kappa shape index (κ3) is 4.53. The molecule has 0 spiro atoms. The van der Waals surface area contributed by atoms with Gasteiger partial charge in [0.15, 0.2) is 17.3 Å². The number of benzene rings is 1. The SMILES string of the molecule is CCN(CC)CCNC(=O)c1ccc(Nc2ncc(-c3ncn[nH]3)n3ccnc23)cc1. The lowest BCUT2D eigenvalue weighted by Crippen LogP contribution is -2.34. The van der Waals surface area contributed by atoms with Crippen molar-refractivity contribution in [3.8, 4) is 11.5 Å². The van der Waals surface area contributed by atoms with E-state index in [1.807, 2.05) is 22.7 Å². The number of hydrogen-bond acceptors (Lipinski definition) is 7. The number of likely N-dealkylation sites (N-methyl/N-ethyl adjacent to an activating group) is 1. The van der Waals surface area contributed by atoms with Gasteiger partial charge in [0, 0.05) is 36.7 Å². The van der Waals surface area contributed by atoms with Crippen molar-refractivity contribution in [2.75, 3.05) is 31.5 Å². The van der Waals surface area contributed by atoms with Gasteiger partial charge < -0.3 is 15.5 Å². The highest BCUT2D eigenvalue weighted by molar-refractivity contribution is 5.94. The van der Waals surface area contributed by atoms with E-state index in [1.54, 1.807) is 24.5 Å². The van der Waals surface area contributed by atoms with E-state index in [1.165, 1.54) is 6.33 Å². The van der Waals surface area contributed by atoms with Crippen LogP contribution in [0.25, 0.3) is 17.2 Å². The number of fused-ring (bicyclic) bond motifs is 1. The third-order valence-corrected chi connectivity index (χ3v) is 5.10. The highest BCUT2D eigenvalue weighted by atomic mass is 16.1. The molecular formula is C21H25N9O. The zero-order valence-electron chi connectivity index (χ0n) is 17.5. The Morgan fingerprint density at radius 3 is 2.65 bits per heavy atom. The number of H-pyrrole nitrogens is 1. The van der Waals surface area contributed by atoms with Crippen LogP contribution in [0.3, 0.4) is 0 Å². The Kier molecular flexibility index (Phi) is 6.18. The highest BCUT2D eigenvalue weighted by Crippen LogP contribution is 2.23. The Balaban J connectivity index is 1.44. The van der Waals surface area contributed by atoms with Gasteiger partial charge in [-0.1, -0.05) is 13.8 Å². The van der Waals surface area contributed by atoms with Crippen LogP contribution in [-0.2, 0) is 0 Å². The van der Waals surface area contributed by atoms with E-state index in [2.05, 4.69) is 54.5 Å². The van der Waals surface area contributed by atoms with Gasteiger partial charge in [0.25, 0.3) is 5.91 Å². The second kappa shape index (κ2) is 9.35. The van der Waals surface area contributed by atoms with E-state index < -0.39 is 0 Å². The lowest BCUT2D eigenvalue weighted by molar-refractivity contribution is 0.0949. The molecule has 0 atom stereocenters. The summed E-state index contributed by atoms with van der Waals surface area (Å²) in [7, 11) is 0. The topological polar surface area (TPSA) is 116 Å². The summed E-state index contributed by atoms with van der Waals surface area (Å²) in [5, 5.41) is 13.0. The van der Waals surface area contributed by atoms with Crippen molar-refractivity contribution in [2.24, 2.45) is 0 Å². The third-order valence-electron chi connectivity index (χ3n) is 5.10. The van der Waals surface area contributed by atoms with E-state index in [9.17, 15) is 4.79 Å². The Bertz CT molecular complexity index is 1130. The van der Waals surface area contributed by atoms with E-state index in [0.29, 0.717) is 29.4 Å². The largest absolute Gasteiger partial charge is 0.351 e. The quantitative estimate of drug-likeness (QED) is 0.381. The minimum Gasteiger partial charge on any atom is -0.351 e. The normalized spacial score (nSPS) is 11.2. The highest BCUT2D eigenvalue weighted by Gasteiger charge is 2.12. The van der Waals surface area contributed by atoms with Gasteiger partial charge in [-0.15, -0.1) is 0 Å². The zero-order valence-corrected chi connectivity index (χ0v) is 17.5.